The maximum Gasteiger partial charge on any atom is 0.244 e. The molecule has 0 unspecified atom stereocenters. The average molecular weight is 559 g/mol. The number of rotatable bonds is 12. The van der Waals surface area contributed by atoms with E-state index in [0.717, 1.165) is 22.5 Å². The number of sulfonamides is 1. The highest BCUT2D eigenvalue weighted by molar-refractivity contribution is 7.92. The molecular formula is C25H33Cl2N3O5S. The van der Waals surface area contributed by atoms with Crippen LogP contribution in [0.2, 0.25) is 10.0 Å². The molecule has 0 spiro atoms. The predicted octanol–water partition coefficient (Wildman–Crippen LogP) is 4.49. The van der Waals surface area contributed by atoms with Gasteiger partial charge >= 0.3 is 0 Å². The number of hydrogen-bond acceptors (Lipinski definition) is 5. The number of benzene rings is 2. The molecule has 0 aliphatic rings. The van der Waals surface area contributed by atoms with Gasteiger partial charge in [-0.05, 0) is 49.6 Å². The molecule has 11 heteroatoms. The zero-order chi connectivity index (χ0) is 27.0. The molecule has 36 heavy (non-hydrogen) atoms. The molecule has 0 aliphatic heterocycles. The minimum absolute atomic E-state index is 0.0145. The van der Waals surface area contributed by atoms with E-state index in [1.807, 2.05) is 13.8 Å². The fourth-order valence-electron chi connectivity index (χ4n) is 3.57. The number of amides is 2. The molecule has 2 rings (SSSR count). The van der Waals surface area contributed by atoms with Crippen LogP contribution >= 0.6 is 23.2 Å². The van der Waals surface area contributed by atoms with Crippen molar-refractivity contribution in [1.29, 1.82) is 0 Å². The van der Waals surface area contributed by atoms with Crippen molar-refractivity contribution in [2.75, 3.05) is 24.2 Å². The molecule has 2 aromatic rings. The predicted molar refractivity (Wildman–Crippen MR) is 144 cm³/mol. The topological polar surface area (TPSA) is 96.0 Å². The quantitative estimate of drug-likeness (QED) is 0.414. The van der Waals surface area contributed by atoms with Gasteiger partial charge in [-0.25, -0.2) is 8.42 Å². The van der Waals surface area contributed by atoms with E-state index in [1.54, 1.807) is 44.4 Å². The number of nitrogens with one attached hydrogen (secondary N) is 1. The highest BCUT2D eigenvalue weighted by Gasteiger charge is 2.32. The Kier molecular flexibility index (Phi) is 10.9. The average Bonchev–Trinajstić information content (AvgIpc) is 2.83. The lowest BCUT2D eigenvalue weighted by Gasteiger charge is -2.33. The molecule has 0 saturated carbocycles. The third kappa shape index (κ3) is 7.75. The number of halogens is 2. The zero-order valence-corrected chi connectivity index (χ0v) is 23.5. The largest absolute Gasteiger partial charge is 0.497 e. The molecule has 0 radical (unpaired) electrons. The van der Waals surface area contributed by atoms with Crippen molar-refractivity contribution in [2.45, 2.75) is 52.2 Å². The fourth-order valence-corrected chi connectivity index (χ4v) is 4.87. The second-order valence-corrected chi connectivity index (χ2v) is 11.1. The van der Waals surface area contributed by atoms with Crippen molar-refractivity contribution in [1.82, 2.24) is 10.2 Å². The summed E-state index contributed by atoms with van der Waals surface area (Å²) in [5.41, 5.74) is 0.840. The van der Waals surface area contributed by atoms with E-state index in [-0.39, 0.29) is 34.2 Å². The van der Waals surface area contributed by atoms with Crippen LogP contribution in [0.1, 0.15) is 39.2 Å². The summed E-state index contributed by atoms with van der Waals surface area (Å²) in [4.78, 5) is 28.2. The van der Waals surface area contributed by atoms with Gasteiger partial charge in [-0.15, -0.1) is 0 Å². The summed E-state index contributed by atoms with van der Waals surface area (Å²) in [5, 5.41) is 3.10. The molecule has 2 atom stereocenters. The molecule has 8 nitrogen and oxygen atoms in total. The minimum Gasteiger partial charge on any atom is -0.497 e. The molecule has 0 fully saturated rings. The van der Waals surface area contributed by atoms with E-state index >= 15 is 0 Å². The van der Waals surface area contributed by atoms with Gasteiger partial charge in [0.2, 0.25) is 21.8 Å². The Morgan fingerprint density at radius 3 is 2.22 bits per heavy atom. The van der Waals surface area contributed by atoms with Gasteiger partial charge in [0.05, 0.1) is 29.1 Å². The first-order valence-electron chi connectivity index (χ1n) is 11.6. The third-order valence-corrected chi connectivity index (χ3v) is 7.71. The Morgan fingerprint density at radius 2 is 1.69 bits per heavy atom. The second-order valence-electron chi connectivity index (χ2n) is 8.45. The van der Waals surface area contributed by atoms with E-state index in [9.17, 15) is 18.0 Å². The first-order chi connectivity index (χ1) is 16.9. The second kappa shape index (κ2) is 13.2. The molecule has 0 aliphatic carbocycles. The van der Waals surface area contributed by atoms with Crippen LogP contribution in [0.5, 0.6) is 5.75 Å². The van der Waals surface area contributed by atoms with Crippen LogP contribution in [0, 0.1) is 0 Å². The molecule has 0 aromatic heterocycles. The van der Waals surface area contributed by atoms with Crippen molar-refractivity contribution in [3.63, 3.8) is 0 Å². The summed E-state index contributed by atoms with van der Waals surface area (Å²) in [6, 6.07) is 10.8. The molecule has 0 saturated heterocycles. The van der Waals surface area contributed by atoms with Crippen molar-refractivity contribution < 1.29 is 22.7 Å². The molecule has 1 N–H and O–H groups in total. The van der Waals surface area contributed by atoms with Crippen molar-refractivity contribution in [3.8, 4) is 5.75 Å². The van der Waals surface area contributed by atoms with Gasteiger partial charge in [0.15, 0.2) is 0 Å². The maximum absolute atomic E-state index is 13.7. The lowest BCUT2D eigenvalue weighted by atomic mass is 10.1. The maximum atomic E-state index is 13.7. The summed E-state index contributed by atoms with van der Waals surface area (Å²) < 4.78 is 31.5. The summed E-state index contributed by atoms with van der Waals surface area (Å²) in [6.45, 7) is 5.17. The lowest BCUT2D eigenvalue weighted by molar-refractivity contribution is -0.140. The normalized spacial score (nSPS) is 13.0. The van der Waals surface area contributed by atoms with Crippen LogP contribution < -0.4 is 14.4 Å². The molecule has 2 amide bonds. The Labute approximate surface area is 223 Å². The first-order valence-corrected chi connectivity index (χ1v) is 14.2. The van der Waals surface area contributed by atoms with E-state index < -0.39 is 28.5 Å². The number of anilines is 1. The van der Waals surface area contributed by atoms with Crippen molar-refractivity contribution in [3.05, 3.63) is 58.1 Å². The Morgan fingerprint density at radius 1 is 1.06 bits per heavy atom. The zero-order valence-electron chi connectivity index (χ0n) is 21.1. The highest BCUT2D eigenvalue weighted by Crippen LogP contribution is 2.33. The molecule has 0 heterocycles. The van der Waals surface area contributed by atoms with Gasteiger partial charge in [-0.3, -0.25) is 13.9 Å². The van der Waals surface area contributed by atoms with Crippen LogP contribution in [-0.2, 0) is 26.2 Å². The van der Waals surface area contributed by atoms with Crippen LogP contribution in [0.3, 0.4) is 0 Å². The fraction of sp³-hybridized carbons (Fsp3) is 0.440. The molecule has 198 valence electrons. The third-order valence-electron chi connectivity index (χ3n) is 5.78. The van der Waals surface area contributed by atoms with Gasteiger partial charge in [-0.2, -0.15) is 0 Å². The minimum atomic E-state index is -3.92. The summed E-state index contributed by atoms with van der Waals surface area (Å²) in [5.74, 6) is -0.212. The number of carbonyl (C=O) groups is 2. The van der Waals surface area contributed by atoms with Crippen LogP contribution in [-0.4, -0.2) is 57.1 Å². The van der Waals surface area contributed by atoms with Gasteiger partial charge in [0.25, 0.3) is 0 Å². The number of ether oxygens (including phenoxy) is 1. The summed E-state index contributed by atoms with van der Waals surface area (Å²) >= 11 is 12.4. The summed E-state index contributed by atoms with van der Waals surface area (Å²) in [6.07, 6.45) is 2.04. The Balaban J connectivity index is 2.48. The molecular weight excluding hydrogens is 525 g/mol. The number of hydrogen-bond donors (Lipinski definition) is 1. The first kappa shape index (κ1) is 29.7. The number of nitrogens with zero attached hydrogens (tertiary/aromatic N) is 2. The Bertz CT molecular complexity index is 1160. The highest BCUT2D eigenvalue weighted by atomic mass is 35.5. The van der Waals surface area contributed by atoms with E-state index in [2.05, 4.69) is 5.32 Å². The van der Waals surface area contributed by atoms with Crippen molar-refractivity contribution >= 4 is 50.7 Å². The van der Waals surface area contributed by atoms with Gasteiger partial charge < -0.3 is 15.0 Å². The van der Waals surface area contributed by atoms with Crippen LogP contribution in [0.15, 0.2) is 42.5 Å². The van der Waals surface area contributed by atoms with E-state index in [0.29, 0.717) is 12.2 Å². The SMILES string of the molecule is CC[C@@H](C)NC(=O)[C@@H](CC)N(Cc1ccc(OC)cc1)C(=O)CN(c1cccc(Cl)c1Cl)S(C)(=O)=O. The molecule has 2 aromatic carbocycles. The van der Waals surface area contributed by atoms with Crippen LogP contribution in [0.25, 0.3) is 0 Å². The van der Waals surface area contributed by atoms with Gasteiger partial charge in [0, 0.05) is 12.6 Å². The van der Waals surface area contributed by atoms with Crippen molar-refractivity contribution in [2.24, 2.45) is 0 Å². The standard InChI is InChI=1S/C25H33Cl2N3O5S/c1-6-17(3)28-25(32)21(7-2)29(15-18-11-13-19(35-4)14-12-18)23(31)16-30(36(5,33)34)22-10-8-9-20(26)24(22)27/h8-14,17,21H,6-7,15-16H2,1-5H3,(H,28,32)/t17-,21-/m1/s1. The lowest BCUT2D eigenvalue weighted by Crippen LogP contribution is -2.53. The van der Waals surface area contributed by atoms with Crippen LogP contribution in [0.4, 0.5) is 5.69 Å². The Hall–Kier alpha value is -2.49. The number of carbonyl (C=O) groups excluding carboxylic acids is 2. The van der Waals surface area contributed by atoms with E-state index in [1.165, 1.54) is 17.0 Å². The monoisotopic (exact) mass is 557 g/mol. The number of methoxy groups -OCH3 is 1. The summed E-state index contributed by atoms with van der Waals surface area (Å²) in [7, 11) is -2.36. The van der Waals surface area contributed by atoms with E-state index in [4.69, 9.17) is 27.9 Å². The molecule has 0 bridgehead atoms. The van der Waals surface area contributed by atoms with Gasteiger partial charge in [-0.1, -0.05) is 55.2 Å². The smallest absolute Gasteiger partial charge is 0.244 e. The van der Waals surface area contributed by atoms with Gasteiger partial charge in [0.1, 0.15) is 18.3 Å².